The van der Waals surface area contributed by atoms with Gasteiger partial charge in [0.25, 0.3) is 0 Å². The molecule has 0 aromatic carbocycles. The molecule has 20 heavy (non-hydrogen) atoms. The van der Waals surface area contributed by atoms with Crippen LogP contribution in [0.2, 0.25) is 0 Å². The van der Waals surface area contributed by atoms with Gasteiger partial charge in [-0.3, -0.25) is 0 Å². The van der Waals surface area contributed by atoms with E-state index in [0.717, 1.165) is 18.8 Å². The van der Waals surface area contributed by atoms with Crippen LogP contribution < -0.4 is 5.32 Å². The summed E-state index contributed by atoms with van der Waals surface area (Å²) in [5.41, 5.74) is 0. The Balaban J connectivity index is 1.68. The predicted octanol–water partition coefficient (Wildman–Crippen LogP) is 1.45. The number of carboxylic acid groups (broad SMARTS) is 1. The summed E-state index contributed by atoms with van der Waals surface area (Å²) < 4.78 is 5.11. The fraction of sp³-hybridized carbons (Fsp3) is 0.857. The Kier molecular flexibility index (Phi) is 5.64. The number of ether oxygens (including phenoxy) is 1. The first-order valence-electron chi connectivity index (χ1n) is 7.53. The molecule has 1 saturated carbocycles. The molecule has 1 unspecified atom stereocenters. The number of rotatable bonds is 5. The summed E-state index contributed by atoms with van der Waals surface area (Å²) in [6.45, 7) is 1.44. The molecule has 1 atom stereocenters. The highest BCUT2D eigenvalue weighted by Crippen LogP contribution is 2.28. The van der Waals surface area contributed by atoms with Crippen molar-refractivity contribution in [1.82, 2.24) is 10.2 Å². The number of carbonyl (C=O) groups excluding carboxylic acids is 1. The van der Waals surface area contributed by atoms with Crippen LogP contribution in [0.1, 0.15) is 38.5 Å². The molecule has 2 rings (SSSR count). The lowest BCUT2D eigenvalue weighted by atomic mass is 10.0. The summed E-state index contributed by atoms with van der Waals surface area (Å²) in [4.78, 5) is 24.4. The van der Waals surface area contributed by atoms with Crippen molar-refractivity contribution < 1.29 is 19.4 Å². The molecule has 1 saturated heterocycles. The average molecular weight is 284 g/mol. The molecule has 6 heteroatoms. The van der Waals surface area contributed by atoms with Crippen molar-refractivity contribution >= 4 is 12.0 Å². The van der Waals surface area contributed by atoms with Crippen LogP contribution in [0.15, 0.2) is 0 Å². The van der Waals surface area contributed by atoms with E-state index in [0.29, 0.717) is 19.7 Å². The Morgan fingerprint density at radius 3 is 2.75 bits per heavy atom. The largest absolute Gasteiger partial charge is 0.480 e. The highest BCUT2D eigenvalue weighted by molar-refractivity contribution is 5.82. The Morgan fingerprint density at radius 1 is 1.30 bits per heavy atom. The van der Waals surface area contributed by atoms with Gasteiger partial charge in [-0.15, -0.1) is 0 Å². The zero-order chi connectivity index (χ0) is 14.4. The standard InChI is InChI=1S/C14H24N2O4/c17-13(18)12-10-20-9-8-16(12)14(19)15-7-3-6-11-4-1-2-5-11/h11-12H,1-10H2,(H,15,19)(H,17,18). The summed E-state index contributed by atoms with van der Waals surface area (Å²) in [6, 6.07) is -1.15. The second kappa shape index (κ2) is 7.47. The number of hydrogen-bond acceptors (Lipinski definition) is 3. The molecule has 2 aliphatic rings. The summed E-state index contributed by atoms with van der Waals surface area (Å²) in [5.74, 6) is -0.187. The number of carbonyl (C=O) groups is 2. The van der Waals surface area contributed by atoms with Gasteiger partial charge >= 0.3 is 12.0 Å². The lowest BCUT2D eigenvalue weighted by molar-refractivity contribution is -0.147. The zero-order valence-electron chi connectivity index (χ0n) is 11.8. The smallest absolute Gasteiger partial charge is 0.328 e. The number of morpholine rings is 1. The molecule has 2 N–H and O–H groups in total. The van der Waals surface area contributed by atoms with Crippen molar-refractivity contribution in [2.45, 2.75) is 44.6 Å². The van der Waals surface area contributed by atoms with Gasteiger partial charge in [0.15, 0.2) is 6.04 Å². The molecular formula is C14H24N2O4. The number of amides is 2. The second-order valence-electron chi connectivity index (χ2n) is 5.65. The van der Waals surface area contributed by atoms with Crippen LogP contribution in [-0.4, -0.2) is 54.4 Å². The van der Waals surface area contributed by atoms with E-state index in [9.17, 15) is 9.59 Å². The molecule has 0 radical (unpaired) electrons. The van der Waals surface area contributed by atoms with Crippen LogP contribution >= 0.6 is 0 Å². The van der Waals surface area contributed by atoms with E-state index in [1.807, 2.05) is 0 Å². The summed E-state index contributed by atoms with van der Waals surface area (Å²) in [7, 11) is 0. The molecular weight excluding hydrogens is 260 g/mol. The number of carboxylic acids is 1. The van der Waals surface area contributed by atoms with Crippen molar-refractivity contribution in [3.05, 3.63) is 0 Å². The van der Waals surface area contributed by atoms with E-state index in [4.69, 9.17) is 9.84 Å². The number of nitrogens with zero attached hydrogens (tertiary/aromatic N) is 1. The molecule has 1 aliphatic carbocycles. The van der Waals surface area contributed by atoms with E-state index in [1.165, 1.54) is 30.6 Å². The maximum Gasteiger partial charge on any atom is 0.328 e. The normalized spacial score (nSPS) is 23.8. The topological polar surface area (TPSA) is 78.9 Å². The minimum Gasteiger partial charge on any atom is -0.480 e. The highest BCUT2D eigenvalue weighted by Gasteiger charge is 2.32. The first-order chi connectivity index (χ1) is 9.68. The van der Waals surface area contributed by atoms with E-state index in [1.54, 1.807) is 0 Å². The second-order valence-corrected chi connectivity index (χ2v) is 5.65. The lowest BCUT2D eigenvalue weighted by Crippen LogP contribution is -2.55. The maximum atomic E-state index is 12.0. The van der Waals surface area contributed by atoms with Gasteiger partial charge < -0.3 is 20.1 Å². The number of aliphatic carboxylic acids is 1. The summed E-state index contributed by atoms with van der Waals surface area (Å²) >= 11 is 0. The first-order valence-corrected chi connectivity index (χ1v) is 7.53. The van der Waals surface area contributed by atoms with Crippen LogP contribution in [0.5, 0.6) is 0 Å². The SMILES string of the molecule is O=C(O)C1COCCN1C(=O)NCCCC1CCCC1. The Morgan fingerprint density at radius 2 is 2.05 bits per heavy atom. The maximum absolute atomic E-state index is 12.0. The predicted molar refractivity (Wildman–Crippen MR) is 73.5 cm³/mol. The Hall–Kier alpha value is -1.30. The minimum absolute atomic E-state index is 0.0742. The fourth-order valence-corrected chi connectivity index (χ4v) is 3.04. The fourth-order valence-electron chi connectivity index (χ4n) is 3.04. The summed E-state index contributed by atoms with van der Waals surface area (Å²) in [5, 5.41) is 11.9. The molecule has 0 bridgehead atoms. The van der Waals surface area contributed by atoms with Gasteiger partial charge in [-0.1, -0.05) is 25.7 Å². The van der Waals surface area contributed by atoms with Crippen molar-refractivity contribution in [3.8, 4) is 0 Å². The van der Waals surface area contributed by atoms with Gasteiger partial charge in [0.1, 0.15) is 0 Å². The average Bonchev–Trinajstić information content (AvgIpc) is 2.96. The Labute approximate surface area is 119 Å². The minimum atomic E-state index is -1.01. The van der Waals surface area contributed by atoms with Gasteiger partial charge in [-0.05, 0) is 18.8 Å². The van der Waals surface area contributed by atoms with Gasteiger partial charge in [-0.25, -0.2) is 9.59 Å². The van der Waals surface area contributed by atoms with Gasteiger partial charge in [0.2, 0.25) is 0 Å². The highest BCUT2D eigenvalue weighted by atomic mass is 16.5. The molecule has 1 aliphatic heterocycles. The van der Waals surface area contributed by atoms with E-state index < -0.39 is 12.0 Å². The molecule has 6 nitrogen and oxygen atoms in total. The van der Waals surface area contributed by atoms with Crippen molar-refractivity contribution in [1.29, 1.82) is 0 Å². The number of nitrogens with one attached hydrogen (secondary N) is 1. The molecule has 0 spiro atoms. The van der Waals surface area contributed by atoms with Crippen molar-refractivity contribution in [2.24, 2.45) is 5.92 Å². The quantitative estimate of drug-likeness (QED) is 0.749. The van der Waals surface area contributed by atoms with E-state index >= 15 is 0 Å². The lowest BCUT2D eigenvalue weighted by Gasteiger charge is -2.32. The third-order valence-corrected chi connectivity index (χ3v) is 4.21. The molecule has 2 amide bonds. The van der Waals surface area contributed by atoms with Crippen LogP contribution in [0.3, 0.4) is 0 Å². The third-order valence-electron chi connectivity index (χ3n) is 4.21. The molecule has 1 heterocycles. The number of urea groups is 1. The van der Waals surface area contributed by atoms with Gasteiger partial charge in [0, 0.05) is 13.1 Å². The molecule has 114 valence electrons. The zero-order valence-corrected chi connectivity index (χ0v) is 11.8. The Bertz CT molecular complexity index is 342. The summed E-state index contributed by atoms with van der Waals surface area (Å²) in [6.07, 6.45) is 7.44. The van der Waals surface area contributed by atoms with Crippen molar-refractivity contribution in [2.75, 3.05) is 26.3 Å². The van der Waals surface area contributed by atoms with Gasteiger partial charge in [-0.2, -0.15) is 0 Å². The monoisotopic (exact) mass is 284 g/mol. The molecule has 0 aromatic heterocycles. The van der Waals surface area contributed by atoms with Gasteiger partial charge in [0.05, 0.1) is 13.2 Å². The van der Waals surface area contributed by atoms with Crippen LogP contribution in [0.4, 0.5) is 4.79 Å². The van der Waals surface area contributed by atoms with E-state index in [2.05, 4.69) is 5.32 Å². The van der Waals surface area contributed by atoms with Crippen LogP contribution in [-0.2, 0) is 9.53 Å². The number of hydrogen-bond donors (Lipinski definition) is 2. The van der Waals surface area contributed by atoms with Crippen molar-refractivity contribution in [3.63, 3.8) is 0 Å². The van der Waals surface area contributed by atoms with E-state index in [-0.39, 0.29) is 12.6 Å². The first kappa shape index (κ1) is 15.1. The van der Waals surface area contributed by atoms with Crippen LogP contribution in [0.25, 0.3) is 0 Å². The molecule has 0 aromatic rings. The molecule has 2 fully saturated rings. The third kappa shape index (κ3) is 4.10. The van der Waals surface area contributed by atoms with Crippen LogP contribution in [0, 0.1) is 5.92 Å².